The molecule has 6 heteroatoms. The second-order valence-corrected chi connectivity index (χ2v) is 6.63. The van der Waals surface area contributed by atoms with E-state index in [9.17, 15) is 0 Å². The average molecular weight is 352 g/mol. The minimum Gasteiger partial charge on any atom is -0.489 e. The molecule has 0 amide bonds. The fraction of sp³-hybridized carbons (Fsp3) is 0.286. The number of fused-ring (bicyclic) bond motifs is 1. The van der Waals surface area contributed by atoms with Crippen molar-refractivity contribution in [1.82, 2.24) is 9.97 Å². The Hall–Kier alpha value is -1.27. The van der Waals surface area contributed by atoms with E-state index in [0.29, 0.717) is 11.0 Å². The number of thioether (sulfide) groups is 1. The number of halogens is 1. The molecular weight excluding hydrogens is 338 g/mol. The van der Waals surface area contributed by atoms with Gasteiger partial charge >= 0.3 is 0 Å². The molecule has 0 bridgehead atoms. The summed E-state index contributed by atoms with van der Waals surface area (Å²) >= 11 is 5.06. The first-order valence-electron chi connectivity index (χ1n) is 6.29. The van der Waals surface area contributed by atoms with E-state index in [2.05, 4.69) is 32.0 Å². The number of hydrogen-bond donors (Lipinski definition) is 1. The van der Waals surface area contributed by atoms with Crippen LogP contribution in [0.3, 0.4) is 0 Å². The molecule has 1 aromatic heterocycles. The zero-order valence-corrected chi connectivity index (χ0v) is 13.4. The Morgan fingerprint density at radius 2 is 2.25 bits per heavy atom. The molecule has 1 aliphatic rings. The lowest BCUT2D eigenvalue weighted by Crippen LogP contribution is -2.16. The molecule has 20 heavy (non-hydrogen) atoms. The Balaban J connectivity index is 1.63. The highest BCUT2D eigenvalue weighted by Gasteiger charge is 2.23. The van der Waals surface area contributed by atoms with Crippen molar-refractivity contribution in [2.75, 3.05) is 11.5 Å². The van der Waals surface area contributed by atoms with Gasteiger partial charge in [-0.1, -0.05) is 27.7 Å². The van der Waals surface area contributed by atoms with Crippen LogP contribution in [0.25, 0.3) is 0 Å². The van der Waals surface area contributed by atoms with Gasteiger partial charge in [-0.15, -0.1) is 0 Å². The average Bonchev–Trinajstić information content (AvgIpc) is 2.77. The quantitative estimate of drug-likeness (QED) is 0.679. The molecule has 0 aliphatic carbocycles. The Bertz CT molecular complexity index is 630. The lowest BCUT2D eigenvalue weighted by molar-refractivity contribution is 0.259. The minimum atomic E-state index is 0.162. The first-order chi connectivity index (χ1) is 9.60. The van der Waals surface area contributed by atoms with Gasteiger partial charge in [-0.2, -0.15) is 0 Å². The fourth-order valence-corrected chi connectivity index (χ4v) is 3.49. The molecule has 0 saturated carbocycles. The van der Waals surface area contributed by atoms with E-state index in [1.54, 1.807) is 17.8 Å². The number of benzene rings is 1. The summed E-state index contributed by atoms with van der Waals surface area (Å²) in [6.07, 6.45) is 1.08. The van der Waals surface area contributed by atoms with Gasteiger partial charge in [0.15, 0.2) is 5.16 Å². The summed E-state index contributed by atoms with van der Waals surface area (Å²) in [5.74, 6) is 2.30. The highest BCUT2D eigenvalue weighted by atomic mass is 79.9. The highest BCUT2D eigenvalue weighted by molar-refractivity contribution is 9.10. The van der Waals surface area contributed by atoms with Crippen molar-refractivity contribution < 1.29 is 4.74 Å². The van der Waals surface area contributed by atoms with Gasteiger partial charge in [-0.25, -0.2) is 9.97 Å². The van der Waals surface area contributed by atoms with Gasteiger partial charge in [0.1, 0.15) is 17.7 Å². The Morgan fingerprint density at radius 3 is 3.05 bits per heavy atom. The molecule has 1 aromatic carbocycles. The van der Waals surface area contributed by atoms with E-state index in [1.165, 1.54) is 5.56 Å². The number of nitrogens with zero attached hydrogens (tertiary/aromatic N) is 2. The van der Waals surface area contributed by atoms with Crippen molar-refractivity contribution in [3.63, 3.8) is 0 Å². The van der Waals surface area contributed by atoms with Crippen molar-refractivity contribution in [3.05, 3.63) is 40.0 Å². The summed E-state index contributed by atoms with van der Waals surface area (Å²) in [5.41, 5.74) is 7.86. The number of hydrogen-bond acceptors (Lipinski definition) is 5. The van der Waals surface area contributed by atoms with Crippen LogP contribution in [0.2, 0.25) is 0 Å². The van der Waals surface area contributed by atoms with Crippen LogP contribution in [0.1, 0.15) is 11.3 Å². The smallest absolute Gasteiger partial charge is 0.189 e. The number of aryl methyl sites for hydroxylation is 1. The Labute approximate surface area is 130 Å². The molecule has 2 heterocycles. The van der Waals surface area contributed by atoms with Crippen molar-refractivity contribution >= 4 is 33.5 Å². The Kier molecular flexibility index (Phi) is 3.85. The van der Waals surface area contributed by atoms with E-state index >= 15 is 0 Å². The van der Waals surface area contributed by atoms with Gasteiger partial charge in [0, 0.05) is 28.4 Å². The van der Waals surface area contributed by atoms with E-state index in [1.807, 2.05) is 19.1 Å². The molecule has 0 fully saturated rings. The van der Waals surface area contributed by atoms with Crippen molar-refractivity contribution in [1.29, 1.82) is 0 Å². The summed E-state index contributed by atoms with van der Waals surface area (Å²) < 4.78 is 7.00. The molecule has 1 atom stereocenters. The molecule has 0 radical (unpaired) electrons. The summed E-state index contributed by atoms with van der Waals surface area (Å²) in [4.78, 5) is 8.59. The number of aromatic nitrogens is 2. The number of ether oxygens (including phenoxy) is 1. The first-order valence-corrected chi connectivity index (χ1v) is 8.07. The molecular formula is C14H14BrN3OS. The molecule has 0 spiro atoms. The predicted molar refractivity (Wildman–Crippen MR) is 84.2 cm³/mol. The molecule has 4 nitrogen and oxygen atoms in total. The van der Waals surface area contributed by atoms with Crippen LogP contribution < -0.4 is 10.5 Å². The van der Waals surface area contributed by atoms with Crippen LogP contribution in [-0.2, 0) is 6.42 Å². The van der Waals surface area contributed by atoms with Gasteiger partial charge < -0.3 is 10.5 Å². The van der Waals surface area contributed by atoms with Gasteiger partial charge in [0.2, 0.25) is 0 Å². The molecule has 1 aliphatic heterocycles. The number of nitrogens with two attached hydrogens (primary N) is 1. The highest BCUT2D eigenvalue weighted by Crippen LogP contribution is 2.33. The third kappa shape index (κ3) is 3.07. The maximum Gasteiger partial charge on any atom is 0.189 e. The maximum absolute atomic E-state index is 5.92. The third-order valence-electron chi connectivity index (χ3n) is 3.02. The largest absolute Gasteiger partial charge is 0.489 e. The fourth-order valence-electron chi connectivity index (χ4n) is 2.18. The molecule has 104 valence electrons. The van der Waals surface area contributed by atoms with E-state index in [-0.39, 0.29) is 6.10 Å². The molecule has 0 saturated heterocycles. The van der Waals surface area contributed by atoms with E-state index in [0.717, 1.165) is 28.1 Å². The maximum atomic E-state index is 5.92. The Morgan fingerprint density at radius 1 is 1.40 bits per heavy atom. The lowest BCUT2D eigenvalue weighted by atomic mass is 10.1. The van der Waals surface area contributed by atoms with Crippen LogP contribution in [0.5, 0.6) is 5.75 Å². The van der Waals surface area contributed by atoms with Crippen LogP contribution in [0.15, 0.2) is 33.9 Å². The van der Waals surface area contributed by atoms with Gasteiger partial charge in [-0.05, 0) is 30.7 Å². The minimum absolute atomic E-state index is 0.162. The standard InChI is InChI=1S/C14H14BrN3OS/c1-8-4-13(16)18-14(17-8)20-7-11-6-9-5-10(15)2-3-12(9)19-11/h2-5,11H,6-7H2,1H3,(H2,16,17,18). The van der Waals surface area contributed by atoms with Crippen LogP contribution in [0, 0.1) is 6.92 Å². The van der Waals surface area contributed by atoms with Crippen molar-refractivity contribution in [2.45, 2.75) is 24.6 Å². The second-order valence-electron chi connectivity index (χ2n) is 4.72. The van der Waals surface area contributed by atoms with Gasteiger partial charge in [-0.3, -0.25) is 0 Å². The third-order valence-corrected chi connectivity index (χ3v) is 4.49. The van der Waals surface area contributed by atoms with Crippen molar-refractivity contribution in [2.24, 2.45) is 0 Å². The number of anilines is 1. The molecule has 1 unspecified atom stereocenters. The second kappa shape index (κ2) is 5.61. The summed E-state index contributed by atoms with van der Waals surface area (Å²) in [7, 11) is 0. The number of rotatable bonds is 3. The zero-order valence-electron chi connectivity index (χ0n) is 11.0. The van der Waals surface area contributed by atoms with Crippen molar-refractivity contribution in [3.8, 4) is 5.75 Å². The summed E-state index contributed by atoms with van der Waals surface area (Å²) in [5, 5.41) is 0.711. The summed E-state index contributed by atoms with van der Waals surface area (Å²) in [6, 6.07) is 7.88. The van der Waals surface area contributed by atoms with Crippen LogP contribution >= 0.6 is 27.7 Å². The SMILES string of the molecule is Cc1cc(N)nc(SCC2Cc3cc(Br)ccc3O2)n1. The first kappa shape index (κ1) is 13.7. The lowest BCUT2D eigenvalue weighted by Gasteiger charge is -2.09. The predicted octanol–water partition coefficient (Wildman–Crippen LogP) is 3.23. The van der Waals surface area contributed by atoms with E-state index in [4.69, 9.17) is 10.5 Å². The molecule has 2 aromatic rings. The normalized spacial score (nSPS) is 16.8. The summed E-state index contributed by atoms with van der Waals surface area (Å²) in [6.45, 7) is 1.92. The topological polar surface area (TPSA) is 61.0 Å². The number of nitrogen functional groups attached to an aromatic ring is 1. The zero-order chi connectivity index (χ0) is 14.1. The van der Waals surface area contributed by atoms with Gasteiger partial charge in [0.05, 0.1) is 0 Å². The molecule has 2 N–H and O–H groups in total. The van der Waals surface area contributed by atoms with E-state index < -0.39 is 0 Å². The molecule has 3 rings (SSSR count). The monoisotopic (exact) mass is 351 g/mol. The van der Waals surface area contributed by atoms with Gasteiger partial charge in [0.25, 0.3) is 0 Å². The van der Waals surface area contributed by atoms with Crippen LogP contribution in [0.4, 0.5) is 5.82 Å². The van der Waals surface area contributed by atoms with Crippen LogP contribution in [-0.4, -0.2) is 21.8 Å².